The fourth-order valence-electron chi connectivity index (χ4n) is 2.99. The number of carbonyl (C=O) groups is 1. The van der Waals surface area contributed by atoms with Crippen molar-refractivity contribution in [3.63, 3.8) is 0 Å². The molecule has 1 fully saturated rings. The Kier molecular flexibility index (Phi) is 5.70. The topological polar surface area (TPSA) is 66.6 Å². The van der Waals surface area contributed by atoms with E-state index in [1.807, 2.05) is 35.2 Å². The second-order valence-electron chi connectivity index (χ2n) is 5.44. The molecule has 21 heavy (non-hydrogen) atoms. The highest BCUT2D eigenvalue weighted by atomic mass is 32.1. The van der Waals surface area contributed by atoms with Gasteiger partial charge in [-0.2, -0.15) is 0 Å². The van der Waals surface area contributed by atoms with E-state index >= 15 is 0 Å². The number of benzene rings is 1. The Morgan fingerprint density at radius 3 is 2.76 bits per heavy atom. The summed E-state index contributed by atoms with van der Waals surface area (Å²) >= 11 is 5.13. The van der Waals surface area contributed by atoms with Gasteiger partial charge < -0.3 is 15.7 Å². The summed E-state index contributed by atoms with van der Waals surface area (Å²) in [6, 6.07) is 9.67. The van der Waals surface area contributed by atoms with Gasteiger partial charge in [-0.15, -0.1) is 0 Å². The number of aliphatic hydroxyl groups is 1. The van der Waals surface area contributed by atoms with Crippen LogP contribution in [0.15, 0.2) is 30.3 Å². The van der Waals surface area contributed by atoms with Gasteiger partial charge in [-0.05, 0) is 31.2 Å². The van der Waals surface area contributed by atoms with Gasteiger partial charge in [-0.3, -0.25) is 4.79 Å². The maximum Gasteiger partial charge on any atom is 0.237 e. The van der Waals surface area contributed by atoms with Crippen LogP contribution in [0.25, 0.3) is 0 Å². The molecule has 1 amide bonds. The van der Waals surface area contributed by atoms with E-state index in [2.05, 4.69) is 0 Å². The summed E-state index contributed by atoms with van der Waals surface area (Å²) in [5.74, 6) is -0.551. The molecule has 0 bridgehead atoms. The number of hydrogen-bond acceptors (Lipinski definition) is 3. The largest absolute Gasteiger partial charge is 0.396 e. The Labute approximate surface area is 130 Å². The molecule has 1 aliphatic heterocycles. The first-order valence-electron chi connectivity index (χ1n) is 7.40. The number of nitrogens with zero attached hydrogens (tertiary/aromatic N) is 1. The molecule has 5 heteroatoms. The second kappa shape index (κ2) is 7.52. The first-order valence-corrected chi connectivity index (χ1v) is 7.81. The average molecular weight is 306 g/mol. The lowest BCUT2D eigenvalue weighted by atomic mass is 9.96. The molecule has 2 rings (SSSR count). The summed E-state index contributed by atoms with van der Waals surface area (Å²) < 4.78 is 0. The van der Waals surface area contributed by atoms with Crippen molar-refractivity contribution in [3.05, 3.63) is 35.9 Å². The van der Waals surface area contributed by atoms with Crippen LogP contribution < -0.4 is 5.73 Å². The molecule has 0 spiro atoms. The molecule has 0 saturated carbocycles. The van der Waals surface area contributed by atoms with Gasteiger partial charge in [0.25, 0.3) is 0 Å². The standard InChI is InChI=1S/C16H22N2O2S/c17-15(21)14(12-6-2-1-3-7-12)16(20)18-10-4-8-13(18)9-5-11-19/h1-3,6-7,13-14,19H,4-5,8-11H2,(H2,17,21). The Morgan fingerprint density at radius 1 is 1.43 bits per heavy atom. The van der Waals surface area contributed by atoms with Gasteiger partial charge in [0.2, 0.25) is 5.91 Å². The normalized spacial score (nSPS) is 19.5. The number of nitrogens with two attached hydrogens (primary N) is 1. The van der Waals surface area contributed by atoms with Crippen molar-refractivity contribution >= 4 is 23.1 Å². The summed E-state index contributed by atoms with van der Waals surface area (Å²) in [7, 11) is 0. The van der Waals surface area contributed by atoms with Gasteiger partial charge in [0.05, 0.1) is 4.99 Å². The Morgan fingerprint density at radius 2 is 2.14 bits per heavy atom. The smallest absolute Gasteiger partial charge is 0.237 e. The van der Waals surface area contributed by atoms with E-state index in [4.69, 9.17) is 23.1 Å². The first kappa shape index (κ1) is 15.9. The predicted molar refractivity (Wildman–Crippen MR) is 87.0 cm³/mol. The lowest BCUT2D eigenvalue weighted by molar-refractivity contribution is -0.132. The van der Waals surface area contributed by atoms with Gasteiger partial charge in [0.1, 0.15) is 5.92 Å². The third kappa shape index (κ3) is 3.80. The van der Waals surface area contributed by atoms with Gasteiger partial charge >= 0.3 is 0 Å². The number of rotatable bonds is 6. The Hall–Kier alpha value is -1.46. The first-order chi connectivity index (χ1) is 10.1. The highest BCUT2D eigenvalue weighted by Gasteiger charge is 2.34. The third-order valence-electron chi connectivity index (χ3n) is 4.02. The van der Waals surface area contributed by atoms with Gasteiger partial charge in [-0.1, -0.05) is 42.5 Å². The van der Waals surface area contributed by atoms with E-state index in [0.717, 1.165) is 37.8 Å². The average Bonchev–Trinajstić information content (AvgIpc) is 2.94. The molecular weight excluding hydrogens is 284 g/mol. The highest BCUT2D eigenvalue weighted by molar-refractivity contribution is 7.80. The molecule has 2 atom stereocenters. The summed E-state index contributed by atoms with van der Waals surface area (Å²) in [6.45, 7) is 0.914. The van der Waals surface area contributed by atoms with Crippen molar-refractivity contribution in [2.24, 2.45) is 5.73 Å². The molecule has 0 radical (unpaired) electrons. The maximum absolute atomic E-state index is 12.9. The molecule has 1 aromatic carbocycles. The van der Waals surface area contributed by atoms with E-state index < -0.39 is 5.92 Å². The van der Waals surface area contributed by atoms with Gasteiger partial charge in [-0.25, -0.2) is 0 Å². The number of aliphatic hydroxyl groups excluding tert-OH is 1. The zero-order valence-electron chi connectivity index (χ0n) is 12.1. The van der Waals surface area contributed by atoms with E-state index in [1.165, 1.54) is 0 Å². The SMILES string of the molecule is NC(=S)C(C(=O)N1CCCC1CCCO)c1ccccc1. The number of thiocarbonyl (C=S) groups is 1. The molecular formula is C16H22N2O2S. The Bertz CT molecular complexity index is 492. The molecule has 1 saturated heterocycles. The van der Waals surface area contributed by atoms with Crippen molar-refractivity contribution in [3.8, 4) is 0 Å². The van der Waals surface area contributed by atoms with Crippen LogP contribution in [0.4, 0.5) is 0 Å². The monoisotopic (exact) mass is 306 g/mol. The molecule has 3 N–H and O–H groups in total. The maximum atomic E-state index is 12.9. The Balaban J connectivity index is 2.17. The zero-order chi connectivity index (χ0) is 15.2. The van der Waals surface area contributed by atoms with Crippen LogP contribution in [0.3, 0.4) is 0 Å². The molecule has 1 heterocycles. The molecule has 0 aliphatic carbocycles. The molecule has 0 aromatic heterocycles. The van der Waals surface area contributed by atoms with Crippen LogP contribution in [-0.2, 0) is 4.79 Å². The molecule has 4 nitrogen and oxygen atoms in total. The molecule has 1 aromatic rings. The number of likely N-dealkylation sites (tertiary alicyclic amines) is 1. The van der Waals surface area contributed by atoms with Crippen molar-refractivity contribution in [2.45, 2.75) is 37.6 Å². The van der Waals surface area contributed by atoms with Crippen molar-refractivity contribution in [1.82, 2.24) is 4.90 Å². The van der Waals surface area contributed by atoms with E-state index in [-0.39, 0.29) is 23.5 Å². The molecule has 2 unspecified atom stereocenters. The van der Waals surface area contributed by atoms with E-state index in [0.29, 0.717) is 0 Å². The quantitative estimate of drug-likeness (QED) is 0.787. The lowest BCUT2D eigenvalue weighted by Gasteiger charge is -2.28. The van der Waals surface area contributed by atoms with Crippen LogP contribution in [0.2, 0.25) is 0 Å². The minimum absolute atomic E-state index is 0.00543. The number of carbonyl (C=O) groups excluding carboxylic acids is 1. The van der Waals surface area contributed by atoms with Crippen LogP contribution >= 0.6 is 12.2 Å². The van der Waals surface area contributed by atoms with Crippen LogP contribution in [0.5, 0.6) is 0 Å². The third-order valence-corrected chi connectivity index (χ3v) is 4.26. The lowest BCUT2D eigenvalue weighted by Crippen LogP contribution is -2.42. The molecule has 114 valence electrons. The van der Waals surface area contributed by atoms with E-state index in [1.54, 1.807) is 0 Å². The van der Waals surface area contributed by atoms with Crippen LogP contribution in [-0.4, -0.2) is 40.1 Å². The van der Waals surface area contributed by atoms with Crippen LogP contribution in [0.1, 0.15) is 37.2 Å². The van der Waals surface area contributed by atoms with E-state index in [9.17, 15) is 4.79 Å². The second-order valence-corrected chi connectivity index (χ2v) is 5.91. The summed E-state index contributed by atoms with van der Waals surface area (Å²) in [5.41, 5.74) is 6.68. The van der Waals surface area contributed by atoms with Gasteiger partial charge in [0.15, 0.2) is 0 Å². The summed E-state index contributed by atoms with van der Waals surface area (Å²) in [5, 5.41) is 8.98. The van der Waals surface area contributed by atoms with Gasteiger partial charge in [0, 0.05) is 19.2 Å². The predicted octanol–water partition coefficient (Wildman–Crippen LogP) is 1.82. The minimum Gasteiger partial charge on any atom is -0.396 e. The fourth-order valence-corrected chi connectivity index (χ4v) is 3.23. The van der Waals surface area contributed by atoms with Crippen molar-refractivity contribution < 1.29 is 9.90 Å². The summed E-state index contributed by atoms with van der Waals surface area (Å²) in [4.78, 5) is 15.0. The highest BCUT2D eigenvalue weighted by Crippen LogP contribution is 2.27. The number of hydrogen-bond donors (Lipinski definition) is 2. The fraction of sp³-hybridized carbons (Fsp3) is 0.500. The van der Waals surface area contributed by atoms with Crippen molar-refractivity contribution in [1.29, 1.82) is 0 Å². The minimum atomic E-state index is -0.545. The summed E-state index contributed by atoms with van der Waals surface area (Å²) in [6.07, 6.45) is 3.55. The molecule has 1 aliphatic rings. The van der Waals surface area contributed by atoms with Crippen LogP contribution in [0, 0.1) is 0 Å². The van der Waals surface area contributed by atoms with Crippen molar-refractivity contribution in [2.75, 3.05) is 13.2 Å². The number of amides is 1. The zero-order valence-corrected chi connectivity index (χ0v) is 12.9.